The molecule has 0 fully saturated rings. The Bertz CT molecular complexity index is 1440. The molecular weight excluding hydrogens is 865 g/mol. The Kier molecular flexibility index (Phi) is 54.4. The Balaban J connectivity index is 4.47. The van der Waals surface area contributed by atoms with Crippen LogP contribution in [0.5, 0.6) is 0 Å². The van der Waals surface area contributed by atoms with Gasteiger partial charge in [0.15, 0.2) is 6.10 Å². The van der Waals surface area contributed by atoms with E-state index < -0.39 is 6.10 Å². The maximum Gasteiger partial charge on any atom is 0.306 e. The van der Waals surface area contributed by atoms with E-state index in [1.165, 1.54) is 89.9 Å². The van der Waals surface area contributed by atoms with Crippen molar-refractivity contribution in [2.75, 3.05) is 13.2 Å². The van der Waals surface area contributed by atoms with Gasteiger partial charge in [-0.05, 0) is 122 Å². The minimum absolute atomic E-state index is 0.0992. The van der Waals surface area contributed by atoms with Crippen molar-refractivity contribution in [2.24, 2.45) is 0 Å². The molecule has 398 valence electrons. The van der Waals surface area contributed by atoms with Gasteiger partial charge in [0, 0.05) is 19.3 Å². The standard InChI is InChI=1S/C64H106O6/c1-4-7-10-13-16-19-22-25-28-30-32-34-36-39-42-45-48-51-54-57-63(66)69-60-61(59-68-62(65)56-53-50-47-44-41-38-27-24-21-18-15-12-9-6-3)70-64(67)58-55-52-49-46-43-40-37-35-33-31-29-26-23-20-17-14-11-8-5-2/h7,10,15-20,24-29,32,34,39,42,61H,4-6,8-9,11-14,21-23,30-31,33,35-38,40-41,43-60H2,1-3H3/b10-7-,18-15-,19-16-,20-17-,27-24-,28-25-,29-26-,34-32-,42-39-/t61-/m1/s1. The van der Waals surface area contributed by atoms with Crippen LogP contribution in [0.4, 0.5) is 0 Å². The molecule has 0 radical (unpaired) electrons. The first-order valence-electron chi connectivity index (χ1n) is 28.9. The molecule has 6 heteroatoms. The highest BCUT2D eigenvalue weighted by Crippen LogP contribution is 2.14. The number of rotatable bonds is 51. The molecule has 0 unspecified atom stereocenters. The molecule has 0 saturated heterocycles. The molecule has 0 aromatic rings. The zero-order valence-corrected chi connectivity index (χ0v) is 45.5. The van der Waals surface area contributed by atoms with Gasteiger partial charge in [-0.25, -0.2) is 0 Å². The molecule has 0 aliphatic heterocycles. The molecule has 0 N–H and O–H groups in total. The number of unbranched alkanes of at least 4 members (excludes halogenated alkanes) is 22. The Labute approximate surface area is 431 Å². The van der Waals surface area contributed by atoms with Gasteiger partial charge in [0.2, 0.25) is 0 Å². The summed E-state index contributed by atoms with van der Waals surface area (Å²) in [6.07, 6.45) is 77.9. The Hall–Kier alpha value is -3.93. The Morgan fingerprint density at radius 1 is 0.300 bits per heavy atom. The third-order valence-electron chi connectivity index (χ3n) is 12.0. The van der Waals surface area contributed by atoms with Crippen molar-refractivity contribution in [3.63, 3.8) is 0 Å². The third kappa shape index (κ3) is 55.0. The van der Waals surface area contributed by atoms with Crippen molar-refractivity contribution in [1.82, 2.24) is 0 Å². The van der Waals surface area contributed by atoms with Crippen LogP contribution in [0.1, 0.15) is 258 Å². The van der Waals surface area contributed by atoms with Gasteiger partial charge in [-0.2, -0.15) is 0 Å². The van der Waals surface area contributed by atoms with Crippen LogP contribution in [0, 0.1) is 0 Å². The van der Waals surface area contributed by atoms with Gasteiger partial charge in [-0.15, -0.1) is 0 Å². The van der Waals surface area contributed by atoms with Crippen molar-refractivity contribution in [2.45, 2.75) is 264 Å². The van der Waals surface area contributed by atoms with E-state index in [4.69, 9.17) is 14.2 Å². The quantitative estimate of drug-likeness (QED) is 0.0262. The van der Waals surface area contributed by atoms with E-state index in [9.17, 15) is 14.4 Å². The van der Waals surface area contributed by atoms with Crippen LogP contribution in [0.25, 0.3) is 0 Å². The summed E-state index contributed by atoms with van der Waals surface area (Å²) in [6, 6.07) is 0. The lowest BCUT2D eigenvalue weighted by Crippen LogP contribution is -2.30. The number of carbonyl (C=O) groups excluding carboxylic acids is 3. The molecule has 0 amide bonds. The smallest absolute Gasteiger partial charge is 0.306 e. The molecule has 70 heavy (non-hydrogen) atoms. The molecule has 0 spiro atoms. The summed E-state index contributed by atoms with van der Waals surface area (Å²) in [5.41, 5.74) is 0. The molecule has 6 nitrogen and oxygen atoms in total. The number of esters is 3. The highest BCUT2D eigenvalue weighted by atomic mass is 16.6. The van der Waals surface area contributed by atoms with E-state index in [0.29, 0.717) is 19.3 Å². The molecule has 0 rings (SSSR count). The van der Waals surface area contributed by atoms with Crippen LogP contribution >= 0.6 is 0 Å². The second-order valence-corrected chi connectivity index (χ2v) is 18.8. The predicted octanol–water partition coefficient (Wildman–Crippen LogP) is 19.5. The van der Waals surface area contributed by atoms with Gasteiger partial charge >= 0.3 is 17.9 Å². The summed E-state index contributed by atoms with van der Waals surface area (Å²) >= 11 is 0. The molecule has 0 aromatic heterocycles. The van der Waals surface area contributed by atoms with Crippen molar-refractivity contribution in [3.8, 4) is 0 Å². The van der Waals surface area contributed by atoms with Crippen LogP contribution in [0.15, 0.2) is 109 Å². The monoisotopic (exact) mass is 971 g/mol. The van der Waals surface area contributed by atoms with Gasteiger partial charge < -0.3 is 14.2 Å². The summed E-state index contributed by atoms with van der Waals surface area (Å²) in [4.78, 5) is 38.2. The zero-order chi connectivity index (χ0) is 50.7. The number of carbonyl (C=O) groups is 3. The Morgan fingerprint density at radius 2 is 0.571 bits per heavy atom. The van der Waals surface area contributed by atoms with E-state index in [-0.39, 0.29) is 31.1 Å². The van der Waals surface area contributed by atoms with Gasteiger partial charge in [-0.1, -0.05) is 226 Å². The maximum atomic E-state index is 12.9. The molecule has 0 saturated carbocycles. The van der Waals surface area contributed by atoms with E-state index in [1.54, 1.807) is 0 Å². The first kappa shape index (κ1) is 66.1. The summed E-state index contributed by atoms with van der Waals surface area (Å²) in [6.45, 7) is 6.42. The molecule has 0 aliphatic rings. The van der Waals surface area contributed by atoms with Crippen LogP contribution < -0.4 is 0 Å². The largest absolute Gasteiger partial charge is 0.462 e. The lowest BCUT2D eigenvalue weighted by Gasteiger charge is -2.18. The average Bonchev–Trinajstić information content (AvgIpc) is 3.36. The van der Waals surface area contributed by atoms with Crippen molar-refractivity contribution >= 4 is 17.9 Å². The first-order chi connectivity index (χ1) is 34.5. The fraction of sp³-hybridized carbons (Fsp3) is 0.672. The molecular formula is C64H106O6. The van der Waals surface area contributed by atoms with Gasteiger partial charge in [0.1, 0.15) is 13.2 Å². The second kappa shape index (κ2) is 57.6. The lowest BCUT2D eigenvalue weighted by molar-refractivity contribution is -0.167. The number of hydrogen-bond donors (Lipinski definition) is 0. The summed E-state index contributed by atoms with van der Waals surface area (Å²) in [7, 11) is 0. The average molecular weight is 972 g/mol. The van der Waals surface area contributed by atoms with Gasteiger partial charge in [0.25, 0.3) is 0 Å². The van der Waals surface area contributed by atoms with Crippen LogP contribution in [-0.2, 0) is 28.6 Å². The van der Waals surface area contributed by atoms with Crippen molar-refractivity contribution in [1.29, 1.82) is 0 Å². The minimum atomic E-state index is -0.803. The fourth-order valence-electron chi connectivity index (χ4n) is 7.63. The number of allylic oxidation sites excluding steroid dienone is 18. The van der Waals surface area contributed by atoms with E-state index in [0.717, 1.165) is 128 Å². The molecule has 1 atom stereocenters. The van der Waals surface area contributed by atoms with Gasteiger partial charge in [-0.3, -0.25) is 14.4 Å². The normalized spacial score (nSPS) is 12.9. The second-order valence-electron chi connectivity index (χ2n) is 18.8. The van der Waals surface area contributed by atoms with Crippen molar-refractivity contribution < 1.29 is 28.6 Å². The minimum Gasteiger partial charge on any atom is -0.462 e. The van der Waals surface area contributed by atoms with Crippen LogP contribution in [0.2, 0.25) is 0 Å². The maximum absolute atomic E-state index is 12.9. The SMILES string of the molecule is CC/C=C\C/C=C\C/C=C\C/C=C\C/C=C\CCCCCC(=O)OC[C@@H](COC(=O)CCCCCCC/C=C\C/C=C\CCCC)OC(=O)CCCCCCCCCCC/C=C\C/C=C\CCCCC. The summed E-state index contributed by atoms with van der Waals surface area (Å²) in [5.74, 6) is -0.948. The topological polar surface area (TPSA) is 78.9 Å². The predicted molar refractivity (Wildman–Crippen MR) is 302 cm³/mol. The zero-order valence-electron chi connectivity index (χ0n) is 45.5. The fourth-order valence-corrected chi connectivity index (χ4v) is 7.63. The highest BCUT2D eigenvalue weighted by molar-refractivity contribution is 5.71. The first-order valence-corrected chi connectivity index (χ1v) is 28.9. The highest BCUT2D eigenvalue weighted by Gasteiger charge is 2.19. The van der Waals surface area contributed by atoms with Crippen molar-refractivity contribution in [3.05, 3.63) is 109 Å². The summed E-state index contributed by atoms with van der Waals surface area (Å²) in [5, 5.41) is 0. The third-order valence-corrected chi connectivity index (χ3v) is 12.0. The van der Waals surface area contributed by atoms with Crippen LogP contribution in [0.3, 0.4) is 0 Å². The van der Waals surface area contributed by atoms with E-state index in [1.807, 2.05) is 0 Å². The molecule has 0 aliphatic carbocycles. The van der Waals surface area contributed by atoms with Crippen LogP contribution in [-0.4, -0.2) is 37.2 Å². The Morgan fingerprint density at radius 3 is 0.929 bits per heavy atom. The van der Waals surface area contributed by atoms with E-state index >= 15 is 0 Å². The molecule has 0 heterocycles. The van der Waals surface area contributed by atoms with E-state index in [2.05, 4.69) is 130 Å². The number of hydrogen-bond acceptors (Lipinski definition) is 6. The molecule has 0 aromatic carbocycles. The summed E-state index contributed by atoms with van der Waals surface area (Å²) < 4.78 is 16.8. The lowest BCUT2D eigenvalue weighted by atomic mass is 10.1. The van der Waals surface area contributed by atoms with Gasteiger partial charge in [0.05, 0.1) is 0 Å². The molecule has 0 bridgehead atoms. The number of ether oxygens (including phenoxy) is 3.